The number of nitrogens with zero attached hydrogens (tertiary/aromatic N) is 1. The molecule has 6 heteroatoms. The van der Waals surface area contributed by atoms with E-state index in [1.165, 1.54) is 24.5 Å². The normalized spacial score (nSPS) is 10.2. The Balaban J connectivity index is 1.98. The van der Waals surface area contributed by atoms with Crippen molar-refractivity contribution in [1.29, 1.82) is 0 Å². The molecular formula is C18H20FN3O2. The van der Waals surface area contributed by atoms with Crippen molar-refractivity contribution in [3.8, 4) is 0 Å². The molecule has 1 aromatic carbocycles. The van der Waals surface area contributed by atoms with Crippen molar-refractivity contribution in [2.24, 2.45) is 0 Å². The average Bonchev–Trinajstić information content (AvgIpc) is 2.61. The summed E-state index contributed by atoms with van der Waals surface area (Å²) < 4.78 is 13.5. The first-order chi connectivity index (χ1) is 11.6. The molecule has 126 valence electrons. The lowest BCUT2D eigenvalue weighted by molar-refractivity contribution is 0.0950. The lowest BCUT2D eigenvalue weighted by Crippen LogP contribution is -2.26. The molecule has 1 heterocycles. The maximum atomic E-state index is 13.5. The third-order valence-corrected chi connectivity index (χ3v) is 3.48. The first kappa shape index (κ1) is 17.6. The van der Waals surface area contributed by atoms with E-state index in [4.69, 9.17) is 0 Å². The maximum absolute atomic E-state index is 13.5. The van der Waals surface area contributed by atoms with Gasteiger partial charge in [0.2, 0.25) is 0 Å². The van der Waals surface area contributed by atoms with Crippen molar-refractivity contribution in [2.45, 2.75) is 26.3 Å². The van der Waals surface area contributed by atoms with E-state index >= 15 is 0 Å². The van der Waals surface area contributed by atoms with Crippen LogP contribution in [0.5, 0.6) is 0 Å². The van der Waals surface area contributed by atoms with Crippen molar-refractivity contribution in [2.75, 3.05) is 6.54 Å². The van der Waals surface area contributed by atoms with Gasteiger partial charge in [-0.3, -0.25) is 14.6 Å². The number of amides is 2. The highest BCUT2D eigenvalue weighted by atomic mass is 19.1. The Bertz CT molecular complexity index is 719. The summed E-state index contributed by atoms with van der Waals surface area (Å²) in [6.07, 6.45) is 4.66. The number of rotatable bonds is 7. The third-order valence-electron chi connectivity index (χ3n) is 3.48. The molecule has 0 fully saturated rings. The molecule has 2 aromatic rings. The topological polar surface area (TPSA) is 71.1 Å². The van der Waals surface area contributed by atoms with E-state index in [1.54, 1.807) is 18.2 Å². The second-order valence-electron chi connectivity index (χ2n) is 5.35. The molecule has 0 spiro atoms. The monoisotopic (exact) mass is 329 g/mol. The van der Waals surface area contributed by atoms with Crippen LogP contribution in [0.1, 0.15) is 46.0 Å². The number of carbonyl (C=O) groups is 2. The molecule has 24 heavy (non-hydrogen) atoms. The minimum Gasteiger partial charge on any atom is -0.352 e. The van der Waals surface area contributed by atoms with Crippen LogP contribution in [0.3, 0.4) is 0 Å². The first-order valence-electron chi connectivity index (χ1n) is 7.86. The van der Waals surface area contributed by atoms with Crippen LogP contribution in [0, 0.1) is 5.82 Å². The number of halogens is 1. The van der Waals surface area contributed by atoms with Gasteiger partial charge in [0.05, 0.1) is 11.1 Å². The van der Waals surface area contributed by atoms with Gasteiger partial charge in [-0.2, -0.15) is 0 Å². The zero-order chi connectivity index (χ0) is 17.4. The highest BCUT2D eigenvalue weighted by molar-refractivity contribution is 5.99. The number of aromatic nitrogens is 1. The third kappa shape index (κ3) is 4.87. The standard InChI is InChI=1S/C18H20FN3O2/c1-2-3-8-21-17(23)14-9-15(11-20-10-14)18(24)22-12-13-6-4-5-7-16(13)19/h4-7,9-11H,2-3,8,12H2,1H3,(H,21,23)(H,22,24). The molecule has 0 unspecified atom stereocenters. The van der Waals surface area contributed by atoms with Crippen molar-refractivity contribution in [1.82, 2.24) is 15.6 Å². The molecule has 2 N–H and O–H groups in total. The van der Waals surface area contributed by atoms with Gasteiger partial charge in [-0.1, -0.05) is 31.5 Å². The van der Waals surface area contributed by atoms with Crippen LogP contribution in [-0.4, -0.2) is 23.3 Å². The second kappa shape index (κ2) is 8.76. The van der Waals surface area contributed by atoms with Crippen LogP contribution >= 0.6 is 0 Å². The smallest absolute Gasteiger partial charge is 0.253 e. The van der Waals surface area contributed by atoms with Gasteiger partial charge in [0.1, 0.15) is 5.82 Å². The Morgan fingerprint density at radius 3 is 2.42 bits per heavy atom. The number of pyridine rings is 1. The second-order valence-corrected chi connectivity index (χ2v) is 5.35. The molecule has 0 saturated carbocycles. The minimum absolute atomic E-state index is 0.0679. The number of unbranched alkanes of at least 4 members (excludes halogenated alkanes) is 1. The average molecular weight is 329 g/mol. The Labute approximate surface area is 140 Å². The van der Waals surface area contributed by atoms with E-state index in [2.05, 4.69) is 15.6 Å². The highest BCUT2D eigenvalue weighted by Crippen LogP contribution is 2.07. The van der Waals surface area contributed by atoms with Gasteiger partial charge in [-0.05, 0) is 18.6 Å². The summed E-state index contributed by atoms with van der Waals surface area (Å²) in [6, 6.07) is 7.71. The summed E-state index contributed by atoms with van der Waals surface area (Å²) in [6.45, 7) is 2.69. The van der Waals surface area contributed by atoms with E-state index in [0.29, 0.717) is 17.7 Å². The summed E-state index contributed by atoms with van der Waals surface area (Å²) in [5, 5.41) is 5.39. The lowest BCUT2D eigenvalue weighted by Gasteiger charge is -2.08. The van der Waals surface area contributed by atoms with Gasteiger partial charge in [-0.15, -0.1) is 0 Å². The van der Waals surface area contributed by atoms with Crippen LogP contribution < -0.4 is 10.6 Å². The van der Waals surface area contributed by atoms with Crippen LogP contribution in [0.25, 0.3) is 0 Å². The predicted octanol–water partition coefficient (Wildman–Crippen LogP) is 2.68. The van der Waals surface area contributed by atoms with Gasteiger partial charge >= 0.3 is 0 Å². The molecule has 5 nitrogen and oxygen atoms in total. The SMILES string of the molecule is CCCCNC(=O)c1cncc(C(=O)NCc2ccccc2F)c1. The molecule has 0 aliphatic rings. The summed E-state index contributed by atoms with van der Waals surface area (Å²) in [4.78, 5) is 28.1. The van der Waals surface area contributed by atoms with Crippen molar-refractivity contribution >= 4 is 11.8 Å². The van der Waals surface area contributed by atoms with Gasteiger partial charge in [0.15, 0.2) is 0 Å². The van der Waals surface area contributed by atoms with E-state index in [-0.39, 0.29) is 23.8 Å². The van der Waals surface area contributed by atoms with Gasteiger partial charge in [0.25, 0.3) is 11.8 Å². The molecular weight excluding hydrogens is 309 g/mol. The van der Waals surface area contributed by atoms with E-state index in [0.717, 1.165) is 12.8 Å². The zero-order valence-electron chi connectivity index (χ0n) is 13.5. The van der Waals surface area contributed by atoms with Crippen molar-refractivity contribution in [3.63, 3.8) is 0 Å². The quantitative estimate of drug-likeness (QED) is 0.767. The van der Waals surface area contributed by atoms with E-state index in [9.17, 15) is 14.0 Å². The Morgan fingerprint density at radius 2 is 1.75 bits per heavy atom. The number of nitrogens with one attached hydrogen (secondary N) is 2. The van der Waals surface area contributed by atoms with Crippen LogP contribution in [0.15, 0.2) is 42.7 Å². The van der Waals surface area contributed by atoms with Gasteiger partial charge < -0.3 is 10.6 Å². The number of hydrogen-bond donors (Lipinski definition) is 2. The highest BCUT2D eigenvalue weighted by Gasteiger charge is 2.11. The molecule has 2 amide bonds. The van der Waals surface area contributed by atoms with E-state index < -0.39 is 5.91 Å². The van der Waals surface area contributed by atoms with Crippen LogP contribution in [0.2, 0.25) is 0 Å². The molecule has 1 aromatic heterocycles. The molecule has 0 aliphatic carbocycles. The molecule has 2 rings (SSSR count). The number of hydrogen-bond acceptors (Lipinski definition) is 3. The summed E-state index contributed by atoms with van der Waals surface area (Å²) in [5.41, 5.74) is 0.978. The predicted molar refractivity (Wildman–Crippen MR) is 89.0 cm³/mol. The largest absolute Gasteiger partial charge is 0.352 e. The van der Waals surface area contributed by atoms with Crippen molar-refractivity contribution in [3.05, 3.63) is 65.2 Å². The number of benzene rings is 1. The fourth-order valence-electron chi connectivity index (χ4n) is 2.09. The van der Waals surface area contributed by atoms with Gasteiger partial charge in [0, 0.05) is 31.0 Å². The Kier molecular flexibility index (Phi) is 6.42. The van der Waals surface area contributed by atoms with E-state index in [1.807, 2.05) is 6.92 Å². The van der Waals surface area contributed by atoms with Crippen LogP contribution in [0.4, 0.5) is 4.39 Å². The van der Waals surface area contributed by atoms with Crippen molar-refractivity contribution < 1.29 is 14.0 Å². The fraction of sp³-hybridized carbons (Fsp3) is 0.278. The molecule has 0 atom stereocenters. The molecule has 0 saturated heterocycles. The zero-order valence-corrected chi connectivity index (χ0v) is 13.5. The molecule has 0 aliphatic heterocycles. The molecule has 0 bridgehead atoms. The Hall–Kier alpha value is -2.76. The van der Waals surface area contributed by atoms with Gasteiger partial charge in [-0.25, -0.2) is 4.39 Å². The maximum Gasteiger partial charge on any atom is 0.253 e. The minimum atomic E-state index is -0.408. The Morgan fingerprint density at radius 1 is 1.08 bits per heavy atom. The van der Waals surface area contributed by atoms with Crippen LogP contribution in [-0.2, 0) is 6.54 Å². The lowest BCUT2D eigenvalue weighted by atomic mass is 10.1. The summed E-state index contributed by atoms with van der Waals surface area (Å²) in [5.74, 6) is -1.05. The summed E-state index contributed by atoms with van der Waals surface area (Å²) >= 11 is 0. The molecule has 0 radical (unpaired) electrons. The first-order valence-corrected chi connectivity index (χ1v) is 7.86. The summed E-state index contributed by atoms with van der Waals surface area (Å²) in [7, 11) is 0. The number of carbonyl (C=O) groups excluding carboxylic acids is 2. The fourth-order valence-corrected chi connectivity index (χ4v) is 2.09.